The van der Waals surface area contributed by atoms with Gasteiger partial charge in [0, 0.05) is 18.8 Å². The summed E-state index contributed by atoms with van der Waals surface area (Å²) in [6, 6.07) is 2.38. The Kier molecular flexibility index (Phi) is 3.44. The summed E-state index contributed by atoms with van der Waals surface area (Å²) in [5.74, 6) is 0. The summed E-state index contributed by atoms with van der Waals surface area (Å²) in [6.07, 6.45) is 4.00. The number of halogens is 1. The Labute approximate surface area is 94.8 Å². The standard InChI is InChI=1S/C11H15ClN2O/c1-8-5-10(11(12)13-6-8)14-9-3-2-4-15-7-9/h5-6,9,14H,2-4,7H2,1H3. The molecule has 15 heavy (non-hydrogen) atoms. The average Bonchev–Trinajstić information content (AvgIpc) is 2.25. The molecule has 1 aliphatic rings. The van der Waals surface area contributed by atoms with E-state index in [1.54, 1.807) is 6.20 Å². The minimum Gasteiger partial charge on any atom is -0.379 e. The average molecular weight is 227 g/mol. The van der Waals surface area contributed by atoms with E-state index < -0.39 is 0 Å². The number of aryl methyl sites for hydroxylation is 1. The van der Waals surface area contributed by atoms with Gasteiger partial charge in [-0.05, 0) is 31.4 Å². The van der Waals surface area contributed by atoms with Crippen LogP contribution in [0.3, 0.4) is 0 Å². The molecule has 1 unspecified atom stereocenters. The topological polar surface area (TPSA) is 34.2 Å². The molecule has 1 aromatic rings. The normalized spacial score (nSPS) is 21.3. The maximum absolute atomic E-state index is 6.00. The number of aromatic nitrogens is 1. The summed E-state index contributed by atoms with van der Waals surface area (Å²) in [5.41, 5.74) is 2.02. The molecule has 3 nitrogen and oxygen atoms in total. The number of nitrogens with one attached hydrogen (secondary N) is 1. The molecule has 1 fully saturated rings. The highest BCUT2D eigenvalue weighted by Gasteiger charge is 2.14. The van der Waals surface area contributed by atoms with E-state index in [1.807, 2.05) is 13.0 Å². The summed E-state index contributed by atoms with van der Waals surface area (Å²) in [4.78, 5) is 4.11. The molecule has 0 radical (unpaired) electrons. The number of rotatable bonds is 2. The Morgan fingerprint density at radius 2 is 2.47 bits per heavy atom. The quantitative estimate of drug-likeness (QED) is 0.788. The lowest BCUT2D eigenvalue weighted by Crippen LogP contribution is -2.30. The first-order valence-corrected chi connectivity index (χ1v) is 5.60. The zero-order chi connectivity index (χ0) is 10.7. The Bertz CT molecular complexity index is 337. The van der Waals surface area contributed by atoms with Gasteiger partial charge in [-0.2, -0.15) is 0 Å². The highest BCUT2D eigenvalue weighted by atomic mass is 35.5. The zero-order valence-electron chi connectivity index (χ0n) is 8.79. The van der Waals surface area contributed by atoms with Gasteiger partial charge in [0.2, 0.25) is 0 Å². The van der Waals surface area contributed by atoms with Crippen molar-refractivity contribution in [3.8, 4) is 0 Å². The van der Waals surface area contributed by atoms with E-state index in [0.29, 0.717) is 11.2 Å². The van der Waals surface area contributed by atoms with Gasteiger partial charge in [-0.25, -0.2) is 4.98 Å². The van der Waals surface area contributed by atoms with E-state index in [4.69, 9.17) is 16.3 Å². The van der Waals surface area contributed by atoms with Crippen molar-refractivity contribution in [1.29, 1.82) is 0 Å². The second kappa shape index (κ2) is 4.81. The minimum absolute atomic E-state index is 0.361. The van der Waals surface area contributed by atoms with E-state index in [-0.39, 0.29) is 0 Å². The second-order valence-electron chi connectivity index (χ2n) is 3.91. The largest absolute Gasteiger partial charge is 0.379 e. The summed E-state index contributed by atoms with van der Waals surface area (Å²) in [6.45, 7) is 3.63. The molecule has 1 N–H and O–H groups in total. The predicted molar refractivity (Wildman–Crippen MR) is 61.4 cm³/mol. The van der Waals surface area contributed by atoms with Crippen LogP contribution in [-0.2, 0) is 4.74 Å². The molecule has 2 heterocycles. The van der Waals surface area contributed by atoms with Crippen LogP contribution in [0.5, 0.6) is 0 Å². The van der Waals surface area contributed by atoms with Crippen molar-refractivity contribution < 1.29 is 4.74 Å². The first-order chi connectivity index (χ1) is 7.25. The van der Waals surface area contributed by atoms with Gasteiger partial charge in [0.15, 0.2) is 5.15 Å². The van der Waals surface area contributed by atoms with E-state index in [0.717, 1.165) is 37.3 Å². The molecule has 2 rings (SSSR count). The van der Waals surface area contributed by atoms with Crippen LogP contribution in [0.2, 0.25) is 5.15 Å². The number of ether oxygens (including phenoxy) is 1. The molecular weight excluding hydrogens is 212 g/mol. The van der Waals surface area contributed by atoms with Crippen molar-refractivity contribution >= 4 is 17.3 Å². The van der Waals surface area contributed by atoms with Crippen molar-refractivity contribution in [3.63, 3.8) is 0 Å². The van der Waals surface area contributed by atoms with Crippen LogP contribution in [-0.4, -0.2) is 24.2 Å². The molecule has 1 atom stereocenters. The molecule has 0 aromatic carbocycles. The third-order valence-corrected chi connectivity index (χ3v) is 2.80. The van der Waals surface area contributed by atoms with E-state index in [2.05, 4.69) is 10.3 Å². The molecule has 1 saturated heterocycles. The first kappa shape index (κ1) is 10.7. The van der Waals surface area contributed by atoms with E-state index in [1.165, 1.54) is 0 Å². The predicted octanol–water partition coefficient (Wildman–Crippen LogP) is 2.63. The molecule has 0 spiro atoms. The van der Waals surface area contributed by atoms with Gasteiger partial charge in [-0.1, -0.05) is 11.6 Å². The van der Waals surface area contributed by atoms with Crippen LogP contribution in [0.15, 0.2) is 12.3 Å². The fraction of sp³-hybridized carbons (Fsp3) is 0.545. The highest BCUT2D eigenvalue weighted by molar-refractivity contribution is 6.31. The number of hydrogen-bond donors (Lipinski definition) is 1. The summed E-state index contributed by atoms with van der Waals surface area (Å²) < 4.78 is 5.40. The third kappa shape index (κ3) is 2.83. The van der Waals surface area contributed by atoms with Gasteiger partial charge in [-0.3, -0.25) is 0 Å². The first-order valence-electron chi connectivity index (χ1n) is 5.22. The molecule has 1 aromatic heterocycles. The Balaban J connectivity index is 2.05. The van der Waals surface area contributed by atoms with Crippen LogP contribution in [0.4, 0.5) is 5.69 Å². The van der Waals surface area contributed by atoms with Gasteiger partial charge >= 0.3 is 0 Å². The zero-order valence-corrected chi connectivity index (χ0v) is 9.55. The molecule has 0 amide bonds. The Hall–Kier alpha value is -0.800. The maximum Gasteiger partial charge on any atom is 0.152 e. The van der Waals surface area contributed by atoms with Gasteiger partial charge < -0.3 is 10.1 Å². The van der Waals surface area contributed by atoms with Crippen LogP contribution in [0.1, 0.15) is 18.4 Å². The molecule has 0 saturated carbocycles. The van der Waals surface area contributed by atoms with Gasteiger partial charge in [0.05, 0.1) is 12.3 Å². The lowest BCUT2D eigenvalue weighted by molar-refractivity contribution is 0.0876. The number of hydrogen-bond acceptors (Lipinski definition) is 3. The van der Waals surface area contributed by atoms with Crippen LogP contribution >= 0.6 is 11.6 Å². The van der Waals surface area contributed by atoms with Crippen molar-refractivity contribution in [1.82, 2.24) is 4.98 Å². The van der Waals surface area contributed by atoms with Crippen molar-refractivity contribution in [2.24, 2.45) is 0 Å². The van der Waals surface area contributed by atoms with Crippen LogP contribution in [0, 0.1) is 6.92 Å². The SMILES string of the molecule is Cc1cnc(Cl)c(NC2CCCOC2)c1. The monoisotopic (exact) mass is 226 g/mol. The minimum atomic E-state index is 0.361. The molecule has 4 heteroatoms. The lowest BCUT2D eigenvalue weighted by Gasteiger charge is -2.24. The molecule has 82 valence electrons. The van der Waals surface area contributed by atoms with E-state index >= 15 is 0 Å². The number of anilines is 1. The smallest absolute Gasteiger partial charge is 0.152 e. The third-order valence-electron chi connectivity index (χ3n) is 2.50. The molecule has 1 aliphatic heterocycles. The fourth-order valence-corrected chi connectivity index (χ4v) is 1.89. The van der Waals surface area contributed by atoms with Crippen LogP contribution < -0.4 is 5.32 Å². The van der Waals surface area contributed by atoms with Crippen molar-refractivity contribution in [2.45, 2.75) is 25.8 Å². The summed E-state index contributed by atoms with van der Waals surface area (Å²) in [5, 5.41) is 3.90. The molecule has 0 aliphatic carbocycles. The van der Waals surface area contributed by atoms with Crippen molar-refractivity contribution in [2.75, 3.05) is 18.5 Å². The van der Waals surface area contributed by atoms with E-state index in [9.17, 15) is 0 Å². The fourth-order valence-electron chi connectivity index (χ4n) is 1.73. The van der Waals surface area contributed by atoms with Crippen LogP contribution in [0.25, 0.3) is 0 Å². The maximum atomic E-state index is 6.00. The van der Waals surface area contributed by atoms with Gasteiger partial charge in [-0.15, -0.1) is 0 Å². The number of pyridine rings is 1. The van der Waals surface area contributed by atoms with Gasteiger partial charge in [0.25, 0.3) is 0 Å². The molecule has 0 bridgehead atoms. The molecular formula is C11H15ClN2O. The highest BCUT2D eigenvalue weighted by Crippen LogP contribution is 2.22. The number of nitrogens with zero attached hydrogens (tertiary/aromatic N) is 1. The lowest BCUT2D eigenvalue weighted by atomic mass is 10.1. The summed E-state index contributed by atoms with van der Waals surface area (Å²) in [7, 11) is 0. The Morgan fingerprint density at radius 1 is 1.60 bits per heavy atom. The van der Waals surface area contributed by atoms with Gasteiger partial charge in [0.1, 0.15) is 0 Å². The second-order valence-corrected chi connectivity index (χ2v) is 4.27. The Morgan fingerprint density at radius 3 is 3.20 bits per heavy atom. The van der Waals surface area contributed by atoms with Crippen molar-refractivity contribution in [3.05, 3.63) is 23.0 Å². The summed E-state index contributed by atoms with van der Waals surface area (Å²) >= 11 is 6.00.